The van der Waals surface area contributed by atoms with E-state index in [1.165, 1.54) is 65.7 Å². The molecule has 0 radical (unpaired) electrons. The molecule has 1 aromatic rings. The minimum absolute atomic E-state index is 0. The second-order valence-electron chi connectivity index (χ2n) is 8.31. The van der Waals surface area contributed by atoms with Gasteiger partial charge in [0.1, 0.15) is 0 Å². The third-order valence-electron chi connectivity index (χ3n) is 6.19. The predicted molar refractivity (Wildman–Crippen MR) is 136 cm³/mol. The van der Waals surface area contributed by atoms with Crippen LogP contribution in [-0.2, 0) is 6.54 Å². The zero-order chi connectivity index (χ0) is 21.3. The van der Waals surface area contributed by atoms with E-state index in [2.05, 4.69) is 22.5 Å². The fourth-order valence-electron chi connectivity index (χ4n) is 4.62. The Bertz CT molecular complexity index is 685. The van der Waals surface area contributed by atoms with E-state index in [-0.39, 0.29) is 29.7 Å². The number of hydrogen-bond donors (Lipinski definition) is 3. The van der Waals surface area contributed by atoms with Crippen LogP contribution in [0.2, 0.25) is 0 Å². The molecule has 2 fully saturated rings. The minimum atomic E-state index is 0. The highest BCUT2D eigenvalue weighted by molar-refractivity contribution is 14.0. The number of likely N-dealkylation sites (tertiary alicyclic amines) is 1. The molecule has 1 saturated heterocycles. The Hall–Kier alpha value is -1.42. The average molecular weight is 546 g/mol. The molecule has 1 aliphatic heterocycles. The summed E-state index contributed by atoms with van der Waals surface area (Å²) in [6.07, 6.45) is 9.27. The van der Waals surface area contributed by atoms with Gasteiger partial charge in [0.25, 0.3) is 0 Å². The summed E-state index contributed by atoms with van der Waals surface area (Å²) < 4.78 is 10.5. The van der Waals surface area contributed by atoms with Gasteiger partial charge < -0.3 is 25.2 Å². The van der Waals surface area contributed by atoms with Crippen LogP contribution >= 0.6 is 24.0 Å². The smallest absolute Gasteiger partial charge is 0.200 e. The Morgan fingerprint density at radius 1 is 1.10 bits per heavy atom. The molecule has 8 heteroatoms. The highest BCUT2D eigenvalue weighted by atomic mass is 127. The molecule has 1 aliphatic carbocycles. The fourth-order valence-corrected chi connectivity index (χ4v) is 4.62. The van der Waals surface area contributed by atoms with Crippen molar-refractivity contribution in [3.8, 4) is 17.2 Å². The number of rotatable bonds is 7. The Morgan fingerprint density at radius 3 is 2.39 bits per heavy atom. The largest absolute Gasteiger partial charge is 0.502 e. The molecule has 1 atom stereocenters. The number of benzene rings is 1. The molecule has 0 bridgehead atoms. The molecule has 3 N–H and O–H groups in total. The number of nitrogens with one attached hydrogen (secondary N) is 2. The van der Waals surface area contributed by atoms with Gasteiger partial charge in [0.2, 0.25) is 5.75 Å². The molecule has 7 nitrogen and oxygen atoms in total. The number of piperidine rings is 1. The van der Waals surface area contributed by atoms with Crippen molar-refractivity contribution >= 4 is 29.9 Å². The summed E-state index contributed by atoms with van der Waals surface area (Å²) in [4.78, 5) is 7.47. The molecular formula is C23H39IN4O3. The first-order chi connectivity index (χ1) is 14.6. The van der Waals surface area contributed by atoms with Crippen LogP contribution in [0, 0.1) is 0 Å². The number of ether oxygens (including phenoxy) is 2. The highest BCUT2D eigenvalue weighted by Gasteiger charge is 2.27. The van der Waals surface area contributed by atoms with E-state index in [9.17, 15) is 5.11 Å². The van der Waals surface area contributed by atoms with Gasteiger partial charge >= 0.3 is 0 Å². The van der Waals surface area contributed by atoms with E-state index in [1.54, 1.807) is 12.1 Å². The van der Waals surface area contributed by atoms with E-state index in [4.69, 9.17) is 14.5 Å². The zero-order valence-electron chi connectivity index (χ0n) is 19.2. The quantitative estimate of drug-likeness (QED) is 0.274. The lowest BCUT2D eigenvalue weighted by atomic mass is 9.92. The third kappa shape index (κ3) is 7.30. The maximum Gasteiger partial charge on any atom is 0.200 e. The minimum Gasteiger partial charge on any atom is -0.502 e. The summed E-state index contributed by atoms with van der Waals surface area (Å²) in [5.74, 6) is 1.64. The first-order valence-electron chi connectivity index (χ1n) is 11.4. The predicted octanol–water partition coefficient (Wildman–Crippen LogP) is 3.88. The van der Waals surface area contributed by atoms with Gasteiger partial charge in [-0.1, -0.05) is 19.3 Å². The van der Waals surface area contributed by atoms with Crippen LogP contribution in [0.3, 0.4) is 0 Å². The Balaban J connectivity index is 0.00000341. The summed E-state index contributed by atoms with van der Waals surface area (Å²) in [6.45, 7) is 5.69. The molecule has 0 amide bonds. The number of guanidine groups is 1. The van der Waals surface area contributed by atoms with E-state index in [0.29, 0.717) is 24.1 Å². The monoisotopic (exact) mass is 546 g/mol. The molecular weight excluding hydrogens is 507 g/mol. The summed E-state index contributed by atoms with van der Waals surface area (Å²) in [5.41, 5.74) is 0.922. The van der Waals surface area contributed by atoms with Gasteiger partial charge in [0, 0.05) is 25.2 Å². The molecule has 2 aliphatic rings. The van der Waals surface area contributed by atoms with Gasteiger partial charge in [-0.3, -0.25) is 4.90 Å². The first-order valence-corrected chi connectivity index (χ1v) is 11.4. The van der Waals surface area contributed by atoms with Crippen LogP contribution < -0.4 is 20.1 Å². The maximum atomic E-state index is 10.1. The van der Waals surface area contributed by atoms with Crippen molar-refractivity contribution in [2.24, 2.45) is 4.99 Å². The lowest BCUT2D eigenvalue weighted by Crippen LogP contribution is -2.53. The summed E-state index contributed by atoms with van der Waals surface area (Å²) in [6, 6.07) is 4.79. The van der Waals surface area contributed by atoms with Crippen molar-refractivity contribution in [2.45, 2.75) is 70.5 Å². The Labute approximate surface area is 204 Å². The van der Waals surface area contributed by atoms with Crippen LogP contribution in [0.25, 0.3) is 0 Å². The molecule has 176 valence electrons. The number of aliphatic imine (C=N–C) groups is 1. The third-order valence-corrected chi connectivity index (χ3v) is 6.19. The second kappa shape index (κ2) is 13.2. The van der Waals surface area contributed by atoms with Crippen molar-refractivity contribution in [1.82, 2.24) is 15.5 Å². The van der Waals surface area contributed by atoms with Crippen molar-refractivity contribution in [3.05, 3.63) is 17.7 Å². The molecule has 1 saturated carbocycles. The number of halogens is 1. The lowest BCUT2D eigenvalue weighted by molar-refractivity contribution is 0.115. The van der Waals surface area contributed by atoms with Crippen LogP contribution in [0.1, 0.15) is 57.4 Å². The normalized spacial score (nSPS) is 20.6. The summed E-state index contributed by atoms with van der Waals surface area (Å²) >= 11 is 0. The Morgan fingerprint density at radius 2 is 1.77 bits per heavy atom. The Kier molecular flexibility index (Phi) is 11.0. The molecule has 0 spiro atoms. The van der Waals surface area contributed by atoms with E-state index in [1.807, 2.05) is 0 Å². The number of methoxy groups -OCH3 is 2. The van der Waals surface area contributed by atoms with Crippen molar-refractivity contribution in [3.63, 3.8) is 0 Å². The summed E-state index contributed by atoms with van der Waals surface area (Å²) in [7, 11) is 3.07. The van der Waals surface area contributed by atoms with Crippen LogP contribution in [-0.4, -0.2) is 61.9 Å². The van der Waals surface area contributed by atoms with Crippen LogP contribution in [0.15, 0.2) is 17.1 Å². The number of hydrogen-bond acceptors (Lipinski definition) is 5. The fraction of sp³-hybridized carbons (Fsp3) is 0.696. The second-order valence-corrected chi connectivity index (χ2v) is 8.31. The molecule has 3 rings (SSSR count). The average Bonchev–Trinajstić information content (AvgIpc) is 2.79. The zero-order valence-corrected chi connectivity index (χ0v) is 21.5. The first kappa shape index (κ1) is 25.8. The van der Waals surface area contributed by atoms with Crippen molar-refractivity contribution in [2.75, 3.05) is 33.9 Å². The van der Waals surface area contributed by atoms with Gasteiger partial charge in [0.15, 0.2) is 17.5 Å². The number of phenolic OH excluding ortho intramolecular Hbond substituents is 1. The number of phenols is 1. The van der Waals surface area contributed by atoms with Gasteiger partial charge in [-0.2, -0.15) is 0 Å². The van der Waals surface area contributed by atoms with Gasteiger partial charge in [-0.05, 0) is 56.8 Å². The van der Waals surface area contributed by atoms with Crippen LogP contribution in [0.4, 0.5) is 0 Å². The molecule has 1 unspecified atom stereocenters. The molecule has 1 heterocycles. The molecule has 0 aromatic heterocycles. The highest BCUT2D eigenvalue weighted by Crippen LogP contribution is 2.37. The van der Waals surface area contributed by atoms with Crippen LogP contribution in [0.5, 0.6) is 17.2 Å². The summed E-state index contributed by atoms with van der Waals surface area (Å²) in [5, 5.41) is 17.1. The van der Waals surface area contributed by atoms with E-state index < -0.39 is 0 Å². The topological polar surface area (TPSA) is 78.4 Å². The standard InChI is InChI=1S/C23H38N4O3.HI/c1-4-24-23(25-15-17-13-20(29-2)22(28)21(14-17)30-3)26-18-9-8-12-27(16-18)19-10-6-5-7-11-19;/h13-14,18-19,28H,4-12,15-16H2,1-3H3,(H2,24,25,26);1H. The molecule has 31 heavy (non-hydrogen) atoms. The molecule has 1 aromatic carbocycles. The lowest BCUT2D eigenvalue weighted by Gasteiger charge is -2.40. The van der Waals surface area contributed by atoms with Crippen molar-refractivity contribution in [1.29, 1.82) is 0 Å². The SMILES string of the molecule is CCNC(=NCc1cc(OC)c(O)c(OC)c1)NC1CCCN(C2CCCCC2)C1.I. The van der Waals surface area contributed by atoms with Gasteiger partial charge in [-0.15, -0.1) is 24.0 Å². The maximum absolute atomic E-state index is 10.1. The van der Waals surface area contributed by atoms with Gasteiger partial charge in [0.05, 0.1) is 20.8 Å². The van der Waals surface area contributed by atoms with Crippen molar-refractivity contribution < 1.29 is 14.6 Å². The van der Waals surface area contributed by atoms with E-state index in [0.717, 1.165) is 30.7 Å². The number of nitrogens with zero attached hydrogens (tertiary/aromatic N) is 2. The number of aromatic hydroxyl groups is 1. The van der Waals surface area contributed by atoms with Gasteiger partial charge in [-0.25, -0.2) is 4.99 Å². The van der Waals surface area contributed by atoms with E-state index >= 15 is 0 Å².